The second kappa shape index (κ2) is 12.2. The summed E-state index contributed by atoms with van der Waals surface area (Å²) in [7, 11) is 0. The summed E-state index contributed by atoms with van der Waals surface area (Å²) < 4.78 is 2.28. The van der Waals surface area contributed by atoms with Gasteiger partial charge in [0.15, 0.2) is 0 Å². The third-order valence-corrected chi connectivity index (χ3v) is 7.20. The van der Waals surface area contributed by atoms with Crippen molar-refractivity contribution >= 4 is 5.57 Å². The van der Waals surface area contributed by atoms with Crippen LogP contribution in [-0.4, -0.2) is 9.55 Å². The van der Waals surface area contributed by atoms with Gasteiger partial charge >= 0.3 is 0 Å². The van der Waals surface area contributed by atoms with E-state index in [1.54, 1.807) is 0 Å². The normalized spacial score (nSPS) is 12.5. The van der Waals surface area contributed by atoms with E-state index in [0.717, 1.165) is 18.8 Å². The molecule has 0 radical (unpaired) electrons. The predicted octanol–water partition coefficient (Wildman–Crippen LogP) is 8.67. The molecule has 0 aliphatic heterocycles. The van der Waals surface area contributed by atoms with Gasteiger partial charge < -0.3 is 4.57 Å². The molecule has 1 aromatic carbocycles. The molecule has 2 nitrogen and oxygen atoms in total. The van der Waals surface area contributed by atoms with Crippen molar-refractivity contribution in [2.45, 2.75) is 100 Å². The molecule has 0 fully saturated rings. The van der Waals surface area contributed by atoms with E-state index in [2.05, 4.69) is 101 Å². The second-order valence-electron chi connectivity index (χ2n) is 9.94. The third-order valence-electron chi connectivity index (χ3n) is 7.20. The zero-order chi connectivity index (χ0) is 23.7. The van der Waals surface area contributed by atoms with Crippen LogP contribution < -0.4 is 0 Å². The van der Waals surface area contributed by atoms with Crippen LogP contribution in [0.4, 0.5) is 0 Å². The van der Waals surface area contributed by atoms with Gasteiger partial charge in [0.1, 0.15) is 5.82 Å². The number of allylic oxidation sites excluding steroid dienone is 4. The minimum absolute atomic E-state index is 0.448. The summed E-state index contributed by atoms with van der Waals surface area (Å²) in [6, 6.07) is 9.43. The van der Waals surface area contributed by atoms with Crippen LogP contribution in [0.5, 0.6) is 0 Å². The number of benzene rings is 1. The molecule has 0 aliphatic rings. The number of aromatic nitrogens is 2. The van der Waals surface area contributed by atoms with Crippen LogP contribution in [0.1, 0.15) is 98.0 Å². The first-order chi connectivity index (χ1) is 15.3. The summed E-state index contributed by atoms with van der Waals surface area (Å²) >= 11 is 0. The lowest BCUT2D eigenvalue weighted by Gasteiger charge is -2.32. The first-order valence-electron chi connectivity index (χ1n) is 12.8. The maximum absolute atomic E-state index is 4.51. The molecular formula is C30H46N2. The van der Waals surface area contributed by atoms with Gasteiger partial charge in [-0.3, -0.25) is 0 Å². The summed E-state index contributed by atoms with van der Waals surface area (Å²) in [5.41, 5.74) is 7.43. The molecule has 0 aliphatic carbocycles. The lowest BCUT2D eigenvalue weighted by atomic mass is 9.73. The fourth-order valence-electron chi connectivity index (χ4n) is 4.82. The highest BCUT2D eigenvalue weighted by Gasteiger charge is 2.25. The quantitative estimate of drug-likeness (QED) is 0.305. The fourth-order valence-corrected chi connectivity index (χ4v) is 4.82. The lowest BCUT2D eigenvalue weighted by molar-refractivity contribution is 0.234. The number of hydrogen-bond acceptors (Lipinski definition) is 1. The Kier molecular flexibility index (Phi) is 10.0. The van der Waals surface area contributed by atoms with Crippen LogP contribution in [0.2, 0.25) is 0 Å². The van der Waals surface area contributed by atoms with E-state index in [-0.39, 0.29) is 0 Å². The highest BCUT2D eigenvalue weighted by Crippen LogP contribution is 2.36. The fraction of sp³-hybridized carbons (Fsp3) is 0.567. The monoisotopic (exact) mass is 434 g/mol. The molecule has 0 amide bonds. The Labute approximate surface area is 197 Å². The van der Waals surface area contributed by atoms with Crippen LogP contribution in [0.15, 0.2) is 53.9 Å². The Hall–Kier alpha value is -2.09. The number of nitrogens with zero attached hydrogens (tertiary/aromatic N) is 2. The minimum atomic E-state index is 0.448. The molecule has 32 heavy (non-hydrogen) atoms. The molecule has 1 aromatic heterocycles. The molecule has 0 saturated heterocycles. The number of aryl methyl sites for hydroxylation is 1. The average molecular weight is 435 g/mol. The van der Waals surface area contributed by atoms with Crippen LogP contribution in [0.3, 0.4) is 0 Å². The summed E-state index contributed by atoms with van der Waals surface area (Å²) in [5, 5.41) is 0. The van der Waals surface area contributed by atoms with Crippen molar-refractivity contribution in [1.29, 1.82) is 0 Å². The van der Waals surface area contributed by atoms with E-state index >= 15 is 0 Å². The van der Waals surface area contributed by atoms with Gasteiger partial charge in [-0.15, -0.1) is 0 Å². The van der Waals surface area contributed by atoms with Gasteiger partial charge in [0.25, 0.3) is 0 Å². The molecule has 1 heterocycles. The maximum Gasteiger partial charge on any atom is 0.108 e. The van der Waals surface area contributed by atoms with Gasteiger partial charge in [-0.1, -0.05) is 96.7 Å². The second-order valence-corrected chi connectivity index (χ2v) is 9.94. The molecule has 0 atom stereocenters. The van der Waals surface area contributed by atoms with E-state index in [0.29, 0.717) is 11.3 Å². The smallest absolute Gasteiger partial charge is 0.108 e. The van der Waals surface area contributed by atoms with Crippen molar-refractivity contribution < 1.29 is 0 Å². The molecule has 2 rings (SSSR count). The summed E-state index contributed by atoms with van der Waals surface area (Å²) in [5.74, 6) is 1.61. The summed E-state index contributed by atoms with van der Waals surface area (Å²) in [6.07, 6.45) is 13.7. The summed E-state index contributed by atoms with van der Waals surface area (Å²) in [4.78, 5) is 4.51. The Morgan fingerprint density at radius 1 is 1.03 bits per heavy atom. The van der Waals surface area contributed by atoms with Crippen molar-refractivity contribution in [2.24, 2.45) is 11.3 Å². The van der Waals surface area contributed by atoms with E-state index in [1.807, 2.05) is 6.20 Å². The van der Waals surface area contributed by atoms with E-state index in [9.17, 15) is 0 Å². The van der Waals surface area contributed by atoms with E-state index < -0.39 is 0 Å². The van der Waals surface area contributed by atoms with Gasteiger partial charge in [0.05, 0.1) is 0 Å². The van der Waals surface area contributed by atoms with Crippen molar-refractivity contribution in [1.82, 2.24) is 9.55 Å². The molecular weight excluding hydrogens is 388 g/mol. The molecule has 176 valence electrons. The first-order valence-corrected chi connectivity index (χ1v) is 12.8. The van der Waals surface area contributed by atoms with E-state index in [4.69, 9.17) is 0 Å². The number of imidazole rings is 1. The Bertz CT molecular complexity index is 885. The minimum Gasteiger partial charge on any atom is -0.331 e. The molecule has 0 spiro atoms. The van der Waals surface area contributed by atoms with Crippen LogP contribution >= 0.6 is 0 Å². The SMILES string of the molecule is CCCC(CC)(CC)Cc1ccc(/C(=C/C(Cn2ccnc2CC)=C(C)C)C(C)C)cc1. The Morgan fingerprint density at radius 2 is 1.69 bits per heavy atom. The Balaban J connectivity index is 2.33. The number of hydrogen-bond donors (Lipinski definition) is 0. The predicted molar refractivity (Wildman–Crippen MR) is 141 cm³/mol. The van der Waals surface area contributed by atoms with Crippen LogP contribution in [0, 0.1) is 11.3 Å². The van der Waals surface area contributed by atoms with Gasteiger partial charge in [-0.05, 0) is 60.3 Å². The number of rotatable bonds is 12. The zero-order valence-corrected chi connectivity index (χ0v) is 22.0. The van der Waals surface area contributed by atoms with Crippen molar-refractivity contribution in [3.05, 3.63) is 70.8 Å². The highest BCUT2D eigenvalue weighted by atomic mass is 15.1. The molecule has 0 saturated carbocycles. The van der Waals surface area contributed by atoms with Gasteiger partial charge in [-0.2, -0.15) is 0 Å². The van der Waals surface area contributed by atoms with Crippen molar-refractivity contribution in [2.75, 3.05) is 0 Å². The highest BCUT2D eigenvalue weighted by molar-refractivity contribution is 5.70. The van der Waals surface area contributed by atoms with Gasteiger partial charge in [0, 0.05) is 25.4 Å². The zero-order valence-electron chi connectivity index (χ0n) is 22.0. The third kappa shape index (κ3) is 6.70. The first kappa shape index (κ1) is 26.2. The molecule has 0 N–H and O–H groups in total. The van der Waals surface area contributed by atoms with Gasteiger partial charge in [-0.25, -0.2) is 4.98 Å². The molecule has 2 aromatic rings. The standard InChI is InChI=1S/C30H46N2/c1-9-17-30(11-3,12-4)21-25-13-15-26(16-14-25)28(24(7)8)20-27(23(5)6)22-32-19-18-31-29(32)10-2/h13-16,18-20,24H,9-12,17,21-22H2,1-8H3/b28-20+. The lowest BCUT2D eigenvalue weighted by Crippen LogP contribution is -2.21. The largest absolute Gasteiger partial charge is 0.331 e. The Morgan fingerprint density at radius 3 is 2.19 bits per heavy atom. The van der Waals surface area contributed by atoms with Gasteiger partial charge in [0.2, 0.25) is 0 Å². The molecule has 0 bridgehead atoms. The summed E-state index contributed by atoms with van der Waals surface area (Å²) in [6.45, 7) is 19.1. The topological polar surface area (TPSA) is 17.8 Å². The van der Waals surface area contributed by atoms with E-state index in [1.165, 1.54) is 60.0 Å². The van der Waals surface area contributed by atoms with Crippen LogP contribution in [-0.2, 0) is 19.4 Å². The van der Waals surface area contributed by atoms with Crippen LogP contribution in [0.25, 0.3) is 5.57 Å². The molecule has 0 unspecified atom stereocenters. The molecule has 2 heteroatoms. The van der Waals surface area contributed by atoms with Crippen molar-refractivity contribution in [3.8, 4) is 0 Å². The average Bonchev–Trinajstić information content (AvgIpc) is 3.23. The maximum atomic E-state index is 4.51. The van der Waals surface area contributed by atoms with Crippen molar-refractivity contribution in [3.63, 3.8) is 0 Å².